The van der Waals surface area contributed by atoms with Gasteiger partial charge < -0.3 is 14.8 Å². The van der Waals surface area contributed by atoms with Crippen LogP contribution >= 0.6 is 15.9 Å². The Bertz CT molecular complexity index is 852. The van der Waals surface area contributed by atoms with E-state index in [4.69, 9.17) is 9.47 Å². The highest BCUT2D eigenvalue weighted by molar-refractivity contribution is 9.10. The number of halogens is 2. The van der Waals surface area contributed by atoms with Crippen LogP contribution in [-0.4, -0.2) is 14.2 Å². The fraction of sp³-hybridized carbons (Fsp3) is 0.300. The third-order valence-electron chi connectivity index (χ3n) is 5.15. The number of nitrogens with one attached hydrogen (secondary N) is 1. The molecule has 0 radical (unpaired) electrons. The van der Waals surface area contributed by atoms with Gasteiger partial charge in [-0.05, 0) is 36.1 Å². The third kappa shape index (κ3) is 2.61. The minimum Gasteiger partial charge on any atom is -0.493 e. The zero-order valence-electron chi connectivity index (χ0n) is 14.1. The van der Waals surface area contributed by atoms with Crippen molar-refractivity contribution < 1.29 is 13.9 Å². The van der Waals surface area contributed by atoms with Crippen LogP contribution in [0.3, 0.4) is 0 Å². The van der Waals surface area contributed by atoms with Crippen molar-refractivity contribution in [2.75, 3.05) is 19.5 Å². The van der Waals surface area contributed by atoms with E-state index in [2.05, 4.69) is 33.4 Å². The number of methoxy groups -OCH3 is 2. The van der Waals surface area contributed by atoms with E-state index in [1.807, 2.05) is 24.3 Å². The second-order valence-electron chi connectivity index (χ2n) is 6.41. The summed E-state index contributed by atoms with van der Waals surface area (Å²) in [4.78, 5) is 0. The fourth-order valence-electron chi connectivity index (χ4n) is 4.09. The van der Waals surface area contributed by atoms with Crippen molar-refractivity contribution in [2.45, 2.75) is 18.4 Å². The Morgan fingerprint density at radius 3 is 2.76 bits per heavy atom. The van der Waals surface area contributed by atoms with Gasteiger partial charge in [0.1, 0.15) is 5.82 Å². The lowest BCUT2D eigenvalue weighted by Gasteiger charge is -2.38. The second-order valence-corrected chi connectivity index (χ2v) is 7.33. The zero-order chi connectivity index (χ0) is 17.6. The van der Waals surface area contributed by atoms with Crippen molar-refractivity contribution in [3.63, 3.8) is 0 Å². The van der Waals surface area contributed by atoms with Crippen molar-refractivity contribution in [1.82, 2.24) is 0 Å². The number of allylic oxidation sites excluding steroid dienone is 2. The number of benzene rings is 2. The molecule has 130 valence electrons. The first-order valence-electron chi connectivity index (χ1n) is 8.27. The van der Waals surface area contributed by atoms with Crippen LogP contribution in [0.1, 0.15) is 29.5 Å². The van der Waals surface area contributed by atoms with Gasteiger partial charge in [-0.25, -0.2) is 4.39 Å². The topological polar surface area (TPSA) is 30.5 Å². The van der Waals surface area contributed by atoms with Crippen molar-refractivity contribution in [3.05, 3.63) is 63.9 Å². The highest BCUT2D eigenvalue weighted by atomic mass is 79.9. The lowest BCUT2D eigenvalue weighted by molar-refractivity contribution is 0.340. The molecule has 2 aromatic carbocycles. The van der Waals surface area contributed by atoms with Gasteiger partial charge in [-0.15, -0.1) is 0 Å². The second kappa shape index (κ2) is 6.37. The van der Waals surface area contributed by atoms with E-state index in [1.54, 1.807) is 14.2 Å². The molecule has 4 rings (SSSR count). The van der Waals surface area contributed by atoms with E-state index in [0.717, 1.165) is 22.0 Å². The first-order chi connectivity index (χ1) is 12.1. The Labute approximate surface area is 155 Å². The molecule has 2 aromatic rings. The summed E-state index contributed by atoms with van der Waals surface area (Å²) >= 11 is 3.41. The number of para-hydroxylation sites is 1. The van der Waals surface area contributed by atoms with Gasteiger partial charge in [-0.1, -0.05) is 40.2 Å². The largest absolute Gasteiger partial charge is 0.493 e. The summed E-state index contributed by atoms with van der Waals surface area (Å²) < 4.78 is 26.5. The fourth-order valence-corrected chi connectivity index (χ4v) is 4.53. The Kier molecular flexibility index (Phi) is 4.20. The molecule has 5 heteroatoms. The van der Waals surface area contributed by atoms with Crippen LogP contribution in [-0.2, 0) is 0 Å². The molecule has 3 nitrogen and oxygen atoms in total. The van der Waals surface area contributed by atoms with E-state index in [1.165, 1.54) is 6.07 Å². The highest BCUT2D eigenvalue weighted by Crippen LogP contribution is 2.53. The summed E-state index contributed by atoms with van der Waals surface area (Å²) in [6.07, 6.45) is 5.32. The lowest BCUT2D eigenvalue weighted by Crippen LogP contribution is -2.30. The average molecular weight is 404 g/mol. The number of anilines is 1. The van der Waals surface area contributed by atoms with Gasteiger partial charge in [0.05, 0.1) is 25.9 Å². The zero-order valence-corrected chi connectivity index (χ0v) is 15.6. The molecule has 0 amide bonds. The van der Waals surface area contributed by atoms with Crippen molar-refractivity contribution >= 4 is 21.6 Å². The maximum atomic E-state index is 14.6. The minimum atomic E-state index is -0.241. The van der Waals surface area contributed by atoms with Crippen molar-refractivity contribution in [3.8, 4) is 11.5 Å². The molecule has 0 spiro atoms. The molecule has 1 N–H and O–H groups in total. The molecular formula is C20H19BrFNO2. The number of ether oxygens (including phenoxy) is 2. The predicted molar refractivity (Wildman–Crippen MR) is 100.0 cm³/mol. The normalized spacial score (nSPS) is 23.6. The highest BCUT2D eigenvalue weighted by Gasteiger charge is 2.40. The van der Waals surface area contributed by atoms with E-state index in [-0.39, 0.29) is 17.8 Å². The standard InChI is InChI=1S/C20H19BrFNO2/c1-24-17-8-4-7-14(20(17)25-2)18-13-6-3-5-12(13)15-9-11(21)10-16(22)19(15)23-18/h3-5,7-10,12-13,18,23H,6H2,1-2H3/t12-,13+,18-/m0/s1. The molecule has 0 fully saturated rings. The summed E-state index contributed by atoms with van der Waals surface area (Å²) in [6, 6.07) is 9.32. The molecule has 1 aliphatic carbocycles. The first kappa shape index (κ1) is 16.5. The van der Waals surface area contributed by atoms with E-state index < -0.39 is 0 Å². The SMILES string of the molecule is COc1cccc([C@H]2Nc3c(F)cc(Br)cc3[C@H]3C=CC[C@H]32)c1OC. The molecule has 1 aliphatic heterocycles. The maximum absolute atomic E-state index is 14.6. The van der Waals surface area contributed by atoms with Crippen molar-refractivity contribution in [1.29, 1.82) is 0 Å². The van der Waals surface area contributed by atoms with Gasteiger partial charge in [0, 0.05) is 16.0 Å². The van der Waals surface area contributed by atoms with Gasteiger partial charge in [-0.2, -0.15) is 0 Å². The molecule has 0 aromatic heterocycles. The lowest BCUT2D eigenvalue weighted by atomic mass is 9.76. The third-order valence-corrected chi connectivity index (χ3v) is 5.61. The monoisotopic (exact) mass is 403 g/mol. The van der Waals surface area contributed by atoms with Crippen LogP contribution in [0.15, 0.2) is 47.0 Å². The van der Waals surface area contributed by atoms with Gasteiger partial charge in [0.25, 0.3) is 0 Å². The summed E-state index contributed by atoms with van der Waals surface area (Å²) in [7, 11) is 3.27. The van der Waals surface area contributed by atoms with Crippen LogP contribution in [0.25, 0.3) is 0 Å². The number of rotatable bonds is 3. The van der Waals surface area contributed by atoms with E-state index in [0.29, 0.717) is 23.1 Å². The Morgan fingerprint density at radius 2 is 2.00 bits per heavy atom. The van der Waals surface area contributed by atoms with Crippen LogP contribution < -0.4 is 14.8 Å². The molecule has 0 unspecified atom stereocenters. The molecule has 0 saturated heterocycles. The summed E-state index contributed by atoms with van der Waals surface area (Å²) in [5.74, 6) is 1.64. The van der Waals surface area contributed by atoms with Crippen LogP contribution in [0.5, 0.6) is 11.5 Å². The van der Waals surface area contributed by atoms with Crippen LogP contribution in [0, 0.1) is 11.7 Å². The molecule has 0 saturated carbocycles. The molecule has 0 bridgehead atoms. The van der Waals surface area contributed by atoms with Gasteiger partial charge in [-0.3, -0.25) is 0 Å². The summed E-state index contributed by atoms with van der Waals surface area (Å²) in [5, 5.41) is 3.43. The van der Waals surface area contributed by atoms with Gasteiger partial charge in [0.15, 0.2) is 11.5 Å². The number of hydrogen-bond donors (Lipinski definition) is 1. The van der Waals surface area contributed by atoms with Crippen LogP contribution in [0.4, 0.5) is 10.1 Å². The molecular weight excluding hydrogens is 385 g/mol. The Hall–Kier alpha value is -2.01. The number of hydrogen-bond acceptors (Lipinski definition) is 3. The smallest absolute Gasteiger partial charge is 0.165 e. The number of fused-ring (bicyclic) bond motifs is 3. The van der Waals surface area contributed by atoms with Crippen molar-refractivity contribution in [2.24, 2.45) is 5.92 Å². The Morgan fingerprint density at radius 1 is 1.16 bits per heavy atom. The average Bonchev–Trinajstić information content (AvgIpc) is 3.10. The predicted octanol–water partition coefficient (Wildman–Crippen LogP) is 5.43. The molecule has 25 heavy (non-hydrogen) atoms. The molecule has 2 aliphatic rings. The van der Waals surface area contributed by atoms with Gasteiger partial charge in [0.2, 0.25) is 0 Å². The first-order valence-corrected chi connectivity index (χ1v) is 9.06. The quantitative estimate of drug-likeness (QED) is 0.692. The van der Waals surface area contributed by atoms with E-state index >= 15 is 0 Å². The van der Waals surface area contributed by atoms with E-state index in [9.17, 15) is 4.39 Å². The molecule has 1 heterocycles. The Balaban J connectivity index is 1.85. The molecule has 3 atom stereocenters. The van der Waals surface area contributed by atoms with Crippen LogP contribution in [0.2, 0.25) is 0 Å². The maximum Gasteiger partial charge on any atom is 0.165 e. The summed E-state index contributed by atoms with van der Waals surface area (Å²) in [5.41, 5.74) is 2.57. The van der Waals surface area contributed by atoms with Gasteiger partial charge >= 0.3 is 0 Å². The summed E-state index contributed by atoms with van der Waals surface area (Å²) in [6.45, 7) is 0. The minimum absolute atomic E-state index is 0.0479.